The van der Waals surface area contributed by atoms with E-state index in [2.05, 4.69) is 20.0 Å². The predicted octanol–water partition coefficient (Wildman–Crippen LogP) is 1.97. The van der Waals surface area contributed by atoms with Crippen LogP contribution in [0.5, 0.6) is 0 Å². The Balaban J connectivity index is 3.28. The van der Waals surface area contributed by atoms with Gasteiger partial charge in [0.05, 0.1) is 25.5 Å². The van der Waals surface area contributed by atoms with E-state index in [-0.39, 0.29) is 11.0 Å². The van der Waals surface area contributed by atoms with Crippen molar-refractivity contribution in [1.82, 2.24) is 9.97 Å². The number of halogens is 1. The van der Waals surface area contributed by atoms with Gasteiger partial charge >= 0.3 is 5.97 Å². The quantitative estimate of drug-likeness (QED) is 0.501. The second-order valence-corrected chi connectivity index (χ2v) is 3.44. The van der Waals surface area contributed by atoms with E-state index in [4.69, 9.17) is 16.3 Å². The summed E-state index contributed by atoms with van der Waals surface area (Å²) in [4.78, 5) is 19.5. The average Bonchev–Trinajstić information content (AvgIpc) is 2.38. The summed E-state index contributed by atoms with van der Waals surface area (Å²) >= 11 is 5.74. The van der Waals surface area contributed by atoms with Crippen LogP contribution in [-0.2, 0) is 9.47 Å². The summed E-state index contributed by atoms with van der Waals surface area (Å²) in [6.45, 7) is 2.37. The molecule has 1 rings (SSSR count). The van der Waals surface area contributed by atoms with Crippen molar-refractivity contribution in [1.29, 1.82) is 0 Å². The lowest BCUT2D eigenvalue weighted by molar-refractivity contribution is 0.0593. The third-order valence-corrected chi connectivity index (χ3v) is 2.20. The Morgan fingerprint density at radius 3 is 2.78 bits per heavy atom. The Labute approximate surface area is 110 Å². The lowest BCUT2D eigenvalue weighted by Gasteiger charge is -2.09. The van der Waals surface area contributed by atoms with Gasteiger partial charge in [-0.05, 0) is 24.6 Å². The highest BCUT2D eigenvalue weighted by Crippen LogP contribution is 2.21. The summed E-state index contributed by atoms with van der Waals surface area (Å²) in [7, 11) is 2.94. The highest BCUT2D eigenvalue weighted by Gasteiger charge is 2.18. The number of carbonyl (C=O) groups excluding carboxylic acids is 1. The number of nitrogens with one attached hydrogen (secondary N) is 1. The zero-order valence-corrected chi connectivity index (χ0v) is 11.1. The van der Waals surface area contributed by atoms with E-state index in [1.807, 2.05) is 6.92 Å². The average molecular weight is 272 g/mol. The van der Waals surface area contributed by atoms with E-state index in [9.17, 15) is 4.79 Å². The van der Waals surface area contributed by atoms with Crippen molar-refractivity contribution in [3.05, 3.63) is 22.8 Å². The van der Waals surface area contributed by atoms with Crippen LogP contribution in [0.25, 0.3) is 6.08 Å². The minimum atomic E-state index is -0.591. The van der Waals surface area contributed by atoms with Gasteiger partial charge in [-0.15, -0.1) is 0 Å². The van der Waals surface area contributed by atoms with Crippen LogP contribution in [0.4, 0.5) is 5.82 Å². The summed E-state index contributed by atoms with van der Waals surface area (Å²) in [6.07, 6.45) is 3.04. The summed E-state index contributed by atoms with van der Waals surface area (Å²) in [5, 5.41) is 2.80. The standard InChI is InChI=1S/C11H14ClN3O3/c1-4-18-6-5-7-8(10(16)17-3)14-11(12)15-9(7)13-2/h5-6H,4H2,1-3H3,(H,13,14,15)/b6-5-. The number of carbonyl (C=O) groups is 1. The summed E-state index contributed by atoms with van der Waals surface area (Å²) < 4.78 is 9.73. The number of methoxy groups -OCH3 is 1. The van der Waals surface area contributed by atoms with Gasteiger partial charge < -0.3 is 14.8 Å². The number of rotatable bonds is 5. The van der Waals surface area contributed by atoms with E-state index in [0.717, 1.165) is 0 Å². The first kappa shape index (κ1) is 14.2. The molecule has 0 amide bonds. The van der Waals surface area contributed by atoms with Crippen molar-refractivity contribution < 1.29 is 14.3 Å². The minimum absolute atomic E-state index is 0.0340. The van der Waals surface area contributed by atoms with Crippen LogP contribution in [-0.4, -0.2) is 36.7 Å². The van der Waals surface area contributed by atoms with Crippen LogP contribution >= 0.6 is 11.6 Å². The first-order valence-electron chi connectivity index (χ1n) is 5.25. The zero-order chi connectivity index (χ0) is 13.5. The molecule has 1 aromatic rings. The summed E-state index contributed by atoms with van der Waals surface area (Å²) in [5.41, 5.74) is 0.542. The SMILES string of the molecule is CCO/C=C\c1c(NC)nc(Cl)nc1C(=O)OC. The second-order valence-electron chi connectivity index (χ2n) is 3.10. The fourth-order valence-electron chi connectivity index (χ4n) is 1.26. The van der Waals surface area contributed by atoms with E-state index in [1.165, 1.54) is 13.4 Å². The van der Waals surface area contributed by atoms with Crippen LogP contribution < -0.4 is 5.32 Å². The Morgan fingerprint density at radius 1 is 1.50 bits per heavy atom. The van der Waals surface area contributed by atoms with E-state index < -0.39 is 5.97 Å². The highest BCUT2D eigenvalue weighted by atomic mass is 35.5. The molecule has 0 saturated heterocycles. The number of esters is 1. The Bertz CT molecular complexity index is 463. The third kappa shape index (κ3) is 3.33. The number of hydrogen-bond donors (Lipinski definition) is 1. The molecular formula is C11H14ClN3O3. The molecule has 0 aliphatic carbocycles. The van der Waals surface area contributed by atoms with Crippen molar-refractivity contribution in [2.75, 3.05) is 26.1 Å². The van der Waals surface area contributed by atoms with Crippen molar-refractivity contribution in [2.24, 2.45) is 0 Å². The topological polar surface area (TPSA) is 73.3 Å². The second kappa shape index (κ2) is 6.80. The normalized spacial score (nSPS) is 10.4. The first-order valence-corrected chi connectivity index (χ1v) is 5.63. The van der Waals surface area contributed by atoms with E-state index in [0.29, 0.717) is 18.0 Å². The van der Waals surface area contributed by atoms with Crippen molar-refractivity contribution in [3.63, 3.8) is 0 Å². The lowest BCUT2D eigenvalue weighted by atomic mass is 10.2. The molecule has 0 saturated carbocycles. The maximum absolute atomic E-state index is 11.6. The molecule has 98 valence electrons. The molecule has 7 heteroatoms. The Kier molecular flexibility index (Phi) is 5.38. The molecular weight excluding hydrogens is 258 g/mol. The number of hydrogen-bond acceptors (Lipinski definition) is 6. The van der Waals surface area contributed by atoms with Gasteiger partial charge in [-0.25, -0.2) is 14.8 Å². The zero-order valence-electron chi connectivity index (χ0n) is 10.4. The maximum Gasteiger partial charge on any atom is 0.357 e. The molecule has 1 aromatic heterocycles. The molecule has 0 radical (unpaired) electrons. The van der Waals surface area contributed by atoms with Gasteiger partial charge in [-0.1, -0.05) is 0 Å². The fraction of sp³-hybridized carbons (Fsp3) is 0.364. The molecule has 0 aromatic carbocycles. The van der Waals surface area contributed by atoms with E-state index >= 15 is 0 Å². The number of aromatic nitrogens is 2. The van der Waals surface area contributed by atoms with Crippen LogP contribution in [0.2, 0.25) is 5.28 Å². The Morgan fingerprint density at radius 2 is 2.22 bits per heavy atom. The summed E-state index contributed by atoms with van der Waals surface area (Å²) in [5.74, 6) is -0.168. The van der Waals surface area contributed by atoms with Gasteiger partial charge in [0.2, 0.25) is 5.28 Å². The largest absolute Gasteiger partial charge is 0.501 e. The molecule has 0 bridgehead atoms. The molecule has 18 heavy (non-hydrogen) atoms. The molecule has 0 atom stereocenters. The maximum atomic E-state index is 11.6. The van der Waals surface area contributed by atoms with Crippen LogP contribution in [0.15, 0.2) is 6.26 Å². The molecule has 0 fully saturated rings. The molecule has 1 N–H and O–H groups in total. The number of anilines is 1. The molecule has 6 nitrogen and oxygen atoms in total. The molecule has 0 unspecified atom stereocenters. The van der Waals surface area contributed by atoms with Gasteiger partial charge in [0.25, 0.3) is 0 Å². The van der Waals surface area contributed by atoms with Crippen molar-refractivity contribution in [2.45, 2.75) is 6.92 Å². The molecule has 0 aliphatic heterocycles. The monoisotopic (exact) mass is 271 g/mol. The van der Waals surface area contributed by atoms with Crippen LogP contribution in [0, 0.1) is 0 Å². The van der Waals surface area contributed by atoms with Gasteiger partial charge in [0, 0.05) is 7.05 Å². The smallest absolute Gasteiger partial charge is 0.357 e. The number of ether oxygens (including phenoxy) is 2. The first-order chi connectivity index (χ1) is 8.63. The minimum Gasteiger partial charge on any atom is -0.501 e. The van der Waals surface area contributed by atoms with Gasteiger partial charge in [-0.2, -0.15) is 0 Å². The van der Waals surface area contributed by atoms with Gasteiger partial charge in [-0.3, -0.25) is 0 Å². The van der Waals surface area contributed by atoms with Crippen molar-refractivity contribution in [3.8, 4) is 0 Å². The Hall–Kier alpha value is -1.82. The molecule has 0 spiro atoms. The van der Waals surface area contributed by atoms with Gasteiger partial charge in [0.15, 0.2) is 5.69 Å². The van der Waals surface area contributed by atoms with Gasteiger partial charge in [0.1, 0.15) is 5.82 Å². The van der Waals surface area contributed by atoms with Crippen LogP contribution in [0.1, 0.15) is 23.0 Å². The van der Waals surface area contributed by atoms with Crippen LogP contribution in [0.3, 0.4) is 0 Å². The summed E-state index contributed by atoms with van der Waals surface area (Å²) in [6, 6.07) is 0. The number of nitrogens with zero attached hydrogens (tertiary/aromatic N) is 2. The van der Waals surface area contributed by atoms with Crippen molar-refractivity contribution >= 4 is 29.5 Å². The predicted molar refractivity (Wildman–Crippen MR) is 68.6 cm³/mol. The molecule has 1 heterocycles. The fourth-order valence-corrected chi connectivity index (χ4v) is 1.42. The molecule has 0 aliphatic rings. The lowest BCUT2D eigenvalue weighted by Crippen LogP contribution is -2.11. The highest BCUT2D eigenvalue weighted by molar-refractivity contribution is 6.28. The van der Waals surface area contributed by atoms with E-state index in [1.54, 1.807) is 13.1 Å². The third-order valence-electron chi connectivity index (χ3n) is 2.03.